The summed E-state index contributed by atoms with van der Waals surface area (Å²) < 4.78 is 1.02. The molecule has 0 radical (unpaired) electrons. The molecular weight excluding hydrogens is 294 g/mol. The topological polar surface area (TPSA) is 54.9 Å². The second-order valence-corrected chi connectivity index (χ2v) is 5.59. The highest BCUT2D eigenvalue weighted by molar-refractivity contribution is 7.16. The van der Waals surface area contributed by atoms with Gasteiger partial charge >= 0.3 is 0 Å². The number of rotatable bonds is 2. The molecule has 0 aliphatic rings. The summed E-state index contributed by atoms with van der Waals surface area (Å²) in [5, 5.41) is 3.21. The monoisotopic (exact) mass is 303 g/mol. The van der Waals surface area contributed by atoms with Crippen molar-refractivity contribution in [3.63, 3.8) is 0 Å². The highest BCUT2D eigenvalue weighted by Crippen LogP contribution is 2.23. The first-order valence-corrected chi connectivity index (χ1v) is 7.16. The average Bonchev–Trinajstić information content (AvgIpc) is 2.85. The van der Waals surface area contributed by atoms with E-state index in [2.05, 4.69) is 15.3 Å². The highest BCUT2D eigenvalue weighted by atomic mass is 35.5. The van der Waals surface area contributed by atoms with E-state index in [9.17, 15) is 4.79 Å². The van der Waals surface area contributed by atoms with Crippen LogP contribution in [0.15, 0.2) is 36.0 Å². The third-order valence-electron chi connectivity index (χ3n) is 2.82. The van der Waals surface area contributed by atoms with Crippen LogP contribution in [-0.4, -0.2) is 15.9 Å². The van der Waals surface area contributed by atoms with Gasteiger partial charge in [-0.15, -0.1) is 11.3 Å². The number of halogens is 1. The van der Waals surface area contributed by atoms with Gasteiger partial charge in [-0.05, 0) is 31.2 Å². The van der Waals surface area contributed by atoms with Crippen LogP contribution in [-0.2, 0) is 0 Å². The van der Waals surface area contributed by atoms with Gasteiger partial charge in [0.25, 0.3) is 5.91 Å². The Hall–Kier alpha value is -1.98. The first-order valence-electron chi connectivity index (χ1n) is 5.90. The number of fused-ring (bicyclic) bond motifs is 1. The number of hydrogen-bond donors (Lipinski definition) is 1. The first kappa shape index (κ1) is 13.0. The van der Waals surface area contributed by atoms with E-state index < -0.39 is 0 Å². The van der Waals surface area contributed by atoms with Gasteiger partial charge in [-0.25, -0.2) is 4.98 Å². The molecule has 1 amide bonds. The van der Waals surface area contributed by atoms with Crippen LogP contribution in [0.3, 0.4) is 0 Å². The molecule has 0 spiro atoms. The van der Waals surface area contributed by atoms with Gasteiger partial charge in [-0.2, -0.15) is 0 Å². The zero-order chi connectivity index (χ0) is 14.1. The van der Waals surface area contributed by atoms with Crippen molar-refractivity contribution in [2.75, 3.05) is 5.32 Å². The Morgan fingerprint density at radius 1 is 1.30 bits per heavy atom. The number of nitrogens with one attached hydrogen (secondary N) is 1. The minimum Gasteiger partial charge on any atom is -0.322 e. The third-order valence-corrected chi connectivity index (χ3v) is 3.93. The number of thiazole rings is 1. The van der Waals surface area contributed by atoms with Gasteiger partial charge < -0.3 is 5.32 Å². The van der Waals surface area contributed by atoms with Gasteiger partial charge in [0.2, 0.25) is 0 Å². The summed E-state index contributed by atoms with van der Waals surface area (Å²) >= 11 is 7.59. The molecule has 0 unspecified atom stereocenters. The van der Waals surface area contributed by atoms with Crippen LogP contribution in [0.4, 0.5) is 5.69 Å². The van der Waals surface area contributed by atoms with Gasteiger partial charge in [-0.1, -0.05) is 11.6 Å². The first-order chi connectivity index (χ1) is 9.63. The molecule has 2 heterocycles. The predicted molar refractivity (Wildman–Crippen MR) is 81.6 cm³/mol. The van der Waals surface area contributed by atoms with E-state index in [4.69, 9.17) is 11.6 Å². The summed E-state index contributed by atoms with van der Waals surface area (Å²) in [6, 6.07) is 7.25. The summed E-state index contributed by atoms with van der Waals surface area (Å²) in [5.41, 5.74) is 4.54. The molecule has 2 aromatic heterocycles. The standard InChI is InChI=1S/C14H10ClN3OS/c1-8-4-11(15)10(6-16-8)14(19)18-9-2-3-12-13(5-9)20-7-17-12/h2-7H,1H3,(H,18,19). The van der Waals surface area contributed by atoms with Crippen molar-refractivity contribution in [3.05, 3.63) is 52.3 Å². The van der Waals surface area contributed by atoms with E-state index in [-0.39, 0.29) is 5.91 Å². The van der Waals surface area contributed by atoms with E-state index in [0.717, 1.165) is 15.9 Å². The molecule has 20 heavy (non-hydrogen) atoms. The lowest BCUT2D eigenvalue weighted by Gasteiger charge is -2.07. The lowest BCUT2D eigenvalue weighted by atomic mass is 10.2. The van der Waals surface area contributed by atoms with Crippen molar-refractivity contribution >= 4 is 44.7 Å². The summed E-state index contributed by atoms with van der Waals surface area (Å²) in [6.07, 6.45) is 1.48. The molecule has 0 aliphatic carbocycles. The summed E-state index contributed by atoms with van der Waals surface area (Å²) in [4.78, 5) is 20.5. The molecule has 0 fully saturated rings. The summed E-state index contributed by atoms with van der Waals surface area (Å²) in [5.74, 6) is -0.272. The number of anilines is 1. The Kier molecular flexibility index (Phi) is 3.38. The van der Waals surface area contributed by atoms with Crippen LogP contribution < -0.4 is 5.32 Å². The fourth-order valence-corrected chi connectivity index (χ4v) is 2.83. The molecule has 3 aromatic rings. The lowest BCUT2D eigenvalue weighted by molar-refractivity contribution is 0.102. The second kappa shape index (κ2) is 5.19. The third kappa shape index (κ3) is 2.50. The largest absolute Gasteiger partial charge is 0.322 e. The second-order valence-electron chi connectivity index (χ2n) is 4.29. The smallest absolute Gasteiger partial charge is 0.258 e. The van der Waals surface area contributed by atoms with E-state index in [0.29, 0.717) is 16.3 Å². The molecule has 1 aromatic carbocycles. The van der Waals surface area contributed by atoms with Crippen LogP contribution >= 0.6 is 22.9 Å². The van der Waals surface area contributed by atoms with Gasteiger partial charge in [0, 0.05) is 17.6 Å². The Bertz CT molecular complexity index is 800. The maximum absolute atomic E-state index is 12.2. The quantitative estimate of drug-likeness (QED) is 0.781. The molecule has 3 rings (SSSR count). The minimum absolute atomic E-state index is 0.272. The molecule has 0 bridgehead atoms. The van der Waals surface area contributed by atoms with Crippen molar-refractivity contribution in [3.8, 4) is 0 Å². The van der Waals surface area contributed by atoms with Crippen LogP contribution in [0.5, 0.6) is 0 Å². The average molecular weight is 304 g/mol. The maximum atomic E-state index is 12.2. The van der Waals surface area contributed by atoms with Gasteiger partial charge in [-0.3, -0.25) is 9.78 Å². The van der Waals surface area contributed by atoms with Gasteiger partial charge in [0.1, 0.15) is 0 Å². The fourth-order valence-electron chi connectivity index (χ4n) is 1.82. The minimum atomic E-state index is -0.272. The molecule has 0 saturated carbocycles. The molecule has 0 saturated heterocycles. The zero-order valence-electron chi connectivity index (χ0n) is 10.6. The molecule has 0 atom stereocenters. The van der Waals surface area contributed by atoms with Crippen LogP contribution in [0.2, 0.25) is 5.02 Å². The number of aryl methyl sites for hydroxylation is 1. The number of pyridine rings is 1. The van der Waals surface area contributed by atoms with Gasteiger partial charge in [0.05, 0.1) is 26.3 Å². The Morgan fingerprint density at radius 3 is 2.95 bits per heavy atom. The molecule has 1 N–H and O–H groups in total. The Balaban J connectivity index is 1.87. The zero-order valence-corrected chi connectivity index (χ0v) is 12.1. The Labute approximate surface area is 124 Å². The molecule has 100 valence electrons. The van der Waals surface area contributed by atoms with E-state index in [1.807, 2.05) is 25.1 Å². The van der Waals surface area contributed by atoms with E-state index >= 15 is 0 Å². The highest BCUT2D eigenvalue weighted by Gasteiger charge is 2.11. The van der Waals surface area contributed by atoms with Crippen molar-refractivity contribution in [1.82, 2.24) is 9.97 Å². The van der Waals surface area contributed by atoms with E-state index in [1.165, 1.54) is 17.5 Å². The number of amides is 1. The van der Waals surface area contributed by atoms with Crippen LogP contribution in [0, 0.1) is 6.92 Å². The predicted octanol–water partition coefficient (Wildman–Crippen LogP) is 3.91. The number of carbonyl (C=O) groups is 1. The molecule has 0 aliphatic heterocycles. The number of carbonyl (C=O) groups excluding carboxylic acids is 1. The van der Waals surface area contributed by atoms with Crippen molar-refractivity contribution in [2.24, 2.45) is 0 Å². The van der Waals surface area contributed by atoms with Crippen molar-refractivity contribution in [1.29, 1.82) is 0 Å². The summed E-state index contributed by atoms with van der Waals surface area (Å²) in [6.45, 7) is 1.82. The van der Waals surface area contributed by atoms with Gasteiger partial charge in [0.15, 0.2) is 0 Å². The van der Waals surface area contributed by atoms with E-state index in [1.54, 1.807) is 11.6 Å². The fraction of sp³-hybridized carbons (Fsp3) is 0.0714. The SMILES string of the molecule is Cc1cc(Cl)c(C(=O)Nc2ccc3ncsc3c2)cn1. The molecular formula is C14H10ClN3OS. The number of hydrogen-bond acceptors (Lipinski definition) is 4. The van der Waals surface area contributed by atoms with Crippen LogP contribution in [0.1, 0.15) is 16.1 Å². The lowest BCUT2D eigenvalue weighted by Crippen LogP contribution is -2.13. The Morgan fingerprint density at radius 2 is 2.15 bits per heavy atom. The van der Waals surface area contributed by atoms with Crippen LogP contribution in [0.25, 0.3) is 10.2 Å². The molecule has 4 nitrogen and oxygen atoms in total. The maximum Gasteiger partial charge on any atom is 0.258 e. The normalized spacial score (nSPS) is 10.7. The molecule has 6 heteroatoms. The number of aromatic nitrogens is 2. The van der Waals surface area contributed by atoms with Crippen molar-refractivity contribution in [2.45, 2.75) is 6.92 Å². The number of benzene rings is 1. The summed E-state index contributed by atoms with van der Waals surface area (Å²) in [7, 11) is 0. The number of nitrogens with zero attached hydrogens (tertiary/aromatic N) is 2. The van der Waals surface area contributed by atoms with Crippen molar-refractivity contribution < 1.29 is 4.79 Å².